The summed E-state index contributed by atoms with van der Waals surface area (Å²) in [5.74, 6) is 1.42. The summed E-state index contributed by atoms with van der Waals surface area (Å²) in [7, 11) is 1.68. The summed E-state index contributed by atoms with van der Waals surface area (Å²) in [5, 5.41) is 0. The second-order valence-corrected chi connectivity index (χ2v) is 6.11. The Morgan fingerprint density at radius 1 is 1.47 bits per heavy atom. The molecule has 1 fully saturated rings. The average Bonchev–Trinajstić information content (AvgIpc) is 2.39. The van der Waals surface area contributed by atoms with Gasteiger partial charge in [0.15, 0.2) is 0 Å². The van der Waals surface area contributed by atoms with Gasteiger partial charge in [0.2, 0.25) is 0 Å². The first-order valence-electron chi connectivity index (χ1n) is 5.77. The van der Waals surface area contributed by atoms with Gasteiger partial charge in [0.1, 0.15) is 5.75 Å². The van der Waals surface area contributed by atoms with Gasteiger partial charge in [-0.2, -0.15) is 0 Å². The van der Waals surface area contributed by atoms with Crippen LogP contribution in [0.4, 0.5) is 0 Å². The minimum atomic E-state index is 0.336. The maximum Gasteiger partial charge on any atom is 0.120 e. The standard InChI is InChI=1S/C13H16Br2O2/c1-16-10-4-5-11(12(14)7-10)13(15)9-3-2-6-17-8-9/h4-5,7,9,13H,2-3,6,8H2,1H3. The quantitative estimate of drug-likeness (QED) is 0.744. The third-order valence-electron chi connectivity index (χ3n) is 3.11. The minimum absolute atomic E-state index is 0.336. The van der Waals surface area contributed by atoms with E-state index >= 15 is 0 Å². The Labute approximate surface area is 119 Å². The number of ether oxygens (including phenoxy) is 2. The molecule has 0 radical (unpaired) electrons. The molecule has 0 N–H and O–H groups in total. The van der Waals surface area contributed by atoms with Crippen LogP contribution in [0.15, 0.2) is 22.7 Å². The average molecular weight is 364 g/mol. The number of halogens is 2. The van der Waals surface area contributed by atoms with E-state index in [1.807, 2.05) is 12.1 Å². The van der Waals surface area contributed by atoms with Crippen LogP contribution in [0.25, 0.3) is 0 Å². The zero-order valence-corrected chi connectivity index (χ0v) is 13.0. The molecule has 2 rings (SSSR count). The van der Waals surface area contributed by atoms with Crippen LogP contribution >= 0.6 is 31.9 Å². The van der Waals surface area contributed by atoms with Gasteiger partial charge in [-0.3, -0.25) is 0 Å². The summed E-state index contributed by atoms with van der Waals surface area (Å²) in [6.07, 6.45) is 2.37. The normalized spacial score (nSPS) is 22.2. The highest BCUT2D eigenvalue weighted by molar-refractivity contribution is 9.11. The van der Waals surface area contributed by atoms with Crippen molar-refractivity contribution in [3.05, 3.63) is 28.2 Å². The van der Waals surface area contributed by atoms with Gasteiger partial charge in [-0.05, 0) is 36.5 Å². The van der Waals surface area contributed by atoms with Crippen molar-refractivity contribution >= 4 is 31.9 Å². The van der Waals surface area contributed by atoms with E-state index in [1.54, 1.807) is 7.11 Å². The topological polar surface area (TPSA) is 18.5 Å². The van der Waals surface area contributed by atoms with Crippen LogP contribution in [0.2, 0.25) is 0 Å². The Balaban J connectivity index is 2.15. The van der Waals surface area contributed by atoms with E-state index in [0.717, 1.165) is 29.9 Å². The van der Waals surface area contributed by atoms with Crippen molar-refractivity contribution < 1.29 is 9.47 Å². The number of rotatable bonds is 3. The Bertz CT molecular complexity index is 376. The highest BCUT2D eigenvalue weighted by atomic mass is 79.9. The van der Waals surface area contributed by atoms with Gasteiger partial charge in [-0.15, -0.1) is 0 Å². The van der Waals surface area contributed by atoms with Crippen LogP contribution in [-0.4, -0.2) is 20.3 Å². The van der Waals surface area contributed by atoms with Gasteiger partial charge in [0.25, 0.3) is 0 Å². The summed E-state index contributed by atoms with van der Waals surface area (Å²) in [6.45, 7) is 1.74. The molecule has 0 bridgehead atoms. The number of methoxy groups -OCH3 is 1. The summed E-state index contributed by atoms with van der Waals surface area (Å²) >= 11 is 7.40. The Hall–Kier alpha value is -0.0600. The molecule has 1 saturated heterocycles. The van der Waals surface area contributed by atoms with Gasteiger partial charge >= 0.3 is 0 Å². The molecule has 4 heteroatoms. The van der Waals surface area contributed by atoms with Gasteiger partial charge in [0, 0.05) is 15.9 Å². The van der Waals surface area contributed by atoms with E-state index in [2.05, 4.69) is 37.9 Å². The van der Waals surface area contributed by atoms with E-state index in [1.165, 1.54) is 12.0 Å². The van der Waals surface area contributed by atoms with Crippen LogP contribution < -0.4 is 4.74 Å². The molecule has 1 aromatic rings. The maximum absolute atomic E-state index is 5.54. The first-order valence-corrected chi connectivity index (χ1v) is 7.48. The largest absolute Gasteiger partial charge is 0.497 e. The van der Waals surface area contributed by atoms with Crippen molar-refractivity contribution in [3.63, 3.8) is 0 Å². The van der Waals surface area contributed by atoms with Crippen LogP contribution in [0, 0.1) is 5.92 Å². The highest BCUT2D eigenvalue weighted by Gasteiger charge is 2.24. The smallest absolute Gasteiger partial charge is 0.120 e. The number of benzene rings is 1. The second kappa shape index (κ2) is 6.21. The lowest BCUT2D eigenvalue weighted by Gasteiger charge is -2.27. The second-order valence-electron chi connectivity index (χ2n) is 4.27. The monoisotopic (exact) mass is 362 g/mol. The van der Waals surface area contributed by atoms with Gasteiger partial charge in [-0.25, -0.2) is 0 Å². The molecular weight excluding hydrogens is 348 g/mol. The Morgan fingerprint density at radius 3 is 2.88 bits per heavy atom. The molecule has 1 aromatic carbocycles. The third kappa shape index (κ3) is 3.24. The number of hydrogen-bond donors (Lipinski definition) is 0. The van der Waals surface area contributed by atoms with Crippen LogP contribution in [0.3, 0.4) is 0 Å². The molecule has 0 saturated carbocycles. The van der Waals surface area contributed by atoms with Crippen LogP contribution in [0.5, 0.6) is 5.75 Å². The minimum Gasteiger partial charge on any atom is -0.497 e. The van der Waals surface area contributed by atoms with Crippen molar-refractivity contribution in [2.24, 2.45) is 5.92 Å². The molecule has 0 amide bonds. The fourth-order valence-electron chi connectivity index (χ4n) is 2.11. The molecule has 0 aromatic heterocycles. The lowest BCUT2D eigenvalue weighted by Crippen LogP contribution is -2.21. The Kier molecular flexibility index (Phi) is 4.88. The molecule has 2 unspecified atom stereocenters. The van der Waals surface area contributed by atoms with Crippen molar-refractivity contribution in [2.75, 3.05) is 20.3 Å². The molecule has 17 heavy (non-hydrogen) atoms. The summed E-state index contributed by atoms with van der Waals surface area (Å²) in [5.41, 5.74) is 1.27. The predicted octanol–water partition coefficient (Wildman–Crippen LogP) is 4.32. The summed E-state index contributed by atoms with van der Waals surface area (Å²) < 4.78 is 11.8. The first kappa shape index (κ1) is 13.4. The molecule has 1 aliphatic rings. The predicted molar refractivity (Wildman–Crippen MR) is 75.9 cm³/mol. The molecule has 2 nitrogen and oxygen atoms in total. The molecule has 0 aliphatic carbocycles. The fourth-order valence-corrected chi connectivity index (χ4v) is 3.84. The SMILES string of the molecule is COc1ccc(C(Br)C2CCCOC2)c(Br)c1. The first-order chi connectivity index (χ1) is 8.22. The van der Waals surface area contributed by atoms with Crippen molar-refractivity contribution in [1.29, 1.82) is 0 Å². The fraction of sp³-hybridized carbons (Fsp3) is 0.538. The van der Waals surface area contributed by atoms with Crippen LogP contribution in [0.1, 0.15) is 23.2 Å². The molecule has 1 heterocycles. The van der Waals surface area contributed by atoms with E-state index < -0.39 is 0 Å². The van der Waals surface area contributed by atoms with E-state index in [4.69, 9.17) is 9.47 Å². The molecule has 0 spiro atoms. The lowest BCUT2D eigenvalue weighted by atomic mass is 9.94. The van der Waals surface area contributed by atoms with Crippen LogP contribution in [-0.2, 0) is 4.74 Å². The maximum atomic E-state index is 5.54. The zero-order valence-electron chi connectivity index (χ0n) is 9.79. The Morgan fingerprint density at radius 2 is 2.29 bits per heavy atom. The van der Waals surface area contributed by atoms with Gasteiger partial charge in [0.05, 0.1) is 13.7 Å². The third-order valence-corrected chi connectivity index (χ3v) is 5.04. The van der Waals surface area contributed by atoms with E-state index in [0.29, 0.717) is 10.7 Å². The molecular formula is C13H16Br2O2. The summed E-state index contributed by atoms with van der Waals surface area (Å²) in [4.78, 5) is 0.336. The number of hydrogen-bond acceptors (Lipinski definition) is 2. The van der Waals surface area contributed by atoms with Gasteiger partial charge < -0.3 is 9.47 Å². The van der Waals surface area contributed by atoms with E-state index in [-0.39, 0.29) is 0 Å². The highest BCUT2D eigenvalue weighted by Crippen LogP contribution is 2.40. The molecule has 2 atom stereocenters. The zero-order chi connectivity index (χ0) is 12.3. The number of alkyl halides is 1. The molecule has 1 aliphatic heterocycles. The summed E-state index contributed by atoms with van der Waals surface area (Å²) in [6, 6.07) is 6.11. The van der Waals surface area contributed by atoms with Gasteiger partial charge in [-0.1, -0.05) is 37.9 Å². The van der Waals surface area contributed by atoms with Crippen molar-refractivity contribution in [3.8, 4) is 5.75 Å². The lowest BCUT2D eigenvalue weighted by molar-refractivity contribution is 0.0545. The van der Waals surface area contributed by atoms with Crippen molar-refractivity contribution in [2.45, 2.75) is 17.7 Å². The van der Waals surface area contributed by atoms with Crippen molar-refractivity contribution in [1.82, 2.24) is 0 Å². The van der Waals surface area contributed by atoms with E-state index in [9.17, 15) is 0 Å². The molecule has 94 valence electrons.